The summed E-state index contributed by atoms with van der Waals surface area (Å²) < 4.78 is 0. The van der Waals surface area contributed by atoms with Gasteiger partial charge in [-0.05, 0) is 49.4 Å². The Morgan fingerprint density at radius 1 is 1.00 bits per heavy atom. The Balaban J connectivity index is 0.000000904. The number of Topliss-reactive ketones (excluding diaryl/α,β-unsaturated/α-hetero) is 1. The van der Waals surface area contributed by atoms with Crippen LogP contribution in [-0.4, -0.2) is 69.9 Å². The molecule has 2 saturated carbocycles. The highest BCUT2D eigenvalue weighted by atomic mass is 16.3. The summed E-state index contributed by atoms with van der Waals surface area (Å²) in [6, 6.07) is -2.41. The van der Waals surface area contributed by atoms with Crippen LogP contribution in [0.25, 0.3) is 0 Å². The molecule has 216 valence electrons. The number of fused-ring (bicyclic) bond motifs is 1. The van der Waals surface area contributed by atoms with Crippen molar-refractivity contribution in [2.75, 3.05) is 6.54 Å². The maximum atomic E-state index is 13.6. The van der Waals surface area contributed by atoms with Crippen molar-refractivity contribution < 1.29 is 29.1 Å². The molecule has 3 rings (SSSR count). The van der Waals surface area contributed by atoms with E-state index < -0.39 is 58.8 Å². The van der Waals surface area contributed by atoms with Gasteiger partial charge in [0.1, 0.15) is 12.1 Å². The standard InChI is InChI=1S/C22H37N5O6.C5H10/c1-20(2,3)14(24-19(33)26-21(4,5)6)18(32)27-9-10-11(22(10,7)8)12(27)16(30)25-17(31)13(28)15(23)29;1-5-3-2-4-5/h10-12,14,17,31H,9H2,1-8H3,(H2,23,29)(H,25,30)(H2,24,26,33);5H,2-4H2,1H3/t10-,11-,12?,14?,17?;/m0./s1. The predicted octanol–water partition coefficient (Wildman–Crippen LogP) is 1.28. The normalized spacial score (nSPS) is 25.4. The van der Waals surface area contributed by atoms with Crippen LogP contribution in [0.15, 0.2) is 0 Å². The van der Waals surface area contributed by atoms with Gasteiger partial charge >= 0.3 is 6.03 Å². The number of piperidine rings is 1. The number of urea groups is 1. The summed E-state index contributed by atoms with van der Waals surface area (Å²) in [6.07, 6.45) is 2.36. The number of aliphatic hydroxyl groups excluding tert-OH is 1. The smallest absolute Gasteiger partial charge is 0.315 e. The second kappa shape index (κ2) is 11.2. The Morgan fingerprint density at radius 3 is 1.92 bits per heavy atom. The highest BCUT2D eigenvalue weighted by molar-refractivity contribution is 6.37. The van der Waals surface area contributed by atoms with Crippen molar-refractivity contribution in [1.29, 1.82) is 0 Å². The number of nitrogens with zero attached hydrogens (tertiary/aromatic N) is 1. The first-order valence-electron chi connectivity index (χ1n) is 13.4. The van der Waals surface area contributed by atoms with E-state index in [1.54, 1.807) is 20.8 Å². The van der Waals surface area contributed by atoms with E-state index in [0.29, 0.717) is 6.54 Å². The molecule has 3 aliphatic rings. The Hall–Kier alpha value is -2.69. The lowest BCUT2D eigenvalue weighted by Crippen LogP contribution is -2.62. The Morgan fingerprint density at radius 2 is 1.53 bits per heavy atom. The van der Waals surface area contributed by atoms with Crippen molar-refractivity contribution in [2.45, 2.75) is 105 Å². The van der Waals surface area contributed by atoms with Crippen LogP contribution >= 0.6 is 0 Å². The maximum Gasteiger partial charge on any atom is 0.315 e. The Labute approximate surface area is 226 Å². The lowest BCUT2D eigenvalue weighted by molar-refractivity contribution is -0.148. The quantitative estimate of drug-likeness (QED) is 0.252. The third-order valence-electron chi connectivity index (χ3n) is 7.80. The average molecular weight is 538 g/mol. The third kappa shape index (κ3) is 7.45. The van der Waals surface area contributed by atoms with E-state index >= 15 is 0 Å². The minimum atomic E-state index is -2.10. The number of amides is 5. The van der Waals surface area contributed by atoms with Crippen molar-refractivity contribution in [2.24, 2.45) is 34.3 Å². The van der Waals surface area contributed by atoms with Crippen LogP contribution in [0.4, 0.5) is 4.79 Å². The van der Waals surface area contributed by atoms with Gasteiger partial charge in [0, 0.05) is 12.1 Å². The number of likely N-dealkylation sites (tertiary alicyclic amines) is 1. The highest BCUT2D eigenvalue weighted by Crippen LogP contribution is 2.65. The summed E-state index contributed by atoms with van der Waals surface area (Å²) in [7, 11) is 0. The molecular formula is C27H47N5O6. The summed E-state index contributed by atoms with van der Waals surface area (Å²) in [5, 5.41) is 17.5. The molecular weight excluding hydrogens is 490 g/mol. The molecule has 6 N–H and O–H groups in total. The predicted molar refractivity (Wildman–Crippen MR) is 142 cm³/mol. The van der Waals surface area contributed by atoms with Crippen molar-refractivity contribution >= 4 is 29.5 Å². The van der Waals surface area contributed by atoms with E-state index in [1.165, 1.54) is 24.2 Å². The lowest BCUT2D eigenvalue weighted by Gasteiger charge is -2.38. The van der Waals surface area contributed by atoms with Crippen LogP contribution in [-0.2, 0) is 19.2 Å². The minimum Gasteiger partial charge on any atom is -0.367 e. The van der Waals surface area contributed by atoms with Gasteiger partial charge < -0.3 is 31.7 Å². The first kappa shape index (κ1) is 31.5. The molecule has 1 heterocycles. The summed E-state index contributed by atoms with van der Waals surface area (Å²) in [4.78, 5) is 63.2. The van der Waals surface area contributed by atoms with Crippen LogP contribution in [0.1, 0.15) is 81.6 Å². The SMILES string of the molecule is CC(C)(C)NC(=O)NC(C(=O)N1C[C@H]2[C@@H](C1C(=O)NC(O)C(=O)C(N)=O)C2(C)C)C(C)(C)C.CC1CCC1. The zero-order chi connectivity index (χ0) is 29.4. The Bertz CT molecular complexity index is 947. The number of primary amides is 1. The third-order valence-corrected chi connectivity index (χ3v) is 7.80. The first-order chi connectivity index (χ1) is 17.2. The number of carbonyl (C=O) groups excluding carboxylic acids is 5. The van der Waals surface area contributed by atoms with Crippen LogP contribution in [0.2, 0.25) is 0 Å². The van der Waals surface area contributed by atoms with Gasteiger partial charge in [-0.25, -0.2) is 4.79 Å². The van der Waals surface area contributed by atoms with Gasteiger partial charge in [0.25, 0.3) is 11.7 Å². The number of carbonyl (C=O) groups is 5. The monoisotopic (exact) mass is 537 g/mol. The number of rotatable bonds is 6. The zero-order valence-corrected chi connectivity index (χ0v) is 24.3. The molecule has 5 atom stereocenters. The van der Waals surface area contributed by atoms with Gasteiger partial charge in [0.15, 0.2) is 6.23 Å². The minimum absolute atomic E-state index is 0.0465. The van der Waals surface area contributed by atoms with Gasteiger partial charge in [-0.2, -0.15) is 0 Å². The summed E-state index contributed by atoms with van der Waals surface area (Å²) in [6.45, 7) is 17.4. The first-order valence-corrected chi connectivity index (χ1v) is 13.4. The molecule has 3 unspecified atom stereocenters. The van der Waals surface area contributed by atoms with Crippen LogP contribution < -0.4 is 21.7 Å². The van der Waals surface area contributed by atoms with Crippen LogP contribution in [0, 0.1) is 28.6 Å². The number of nitrogens with two attached hydrogens (primary N) is 1. The summed E-state index contributed by atoms with van der Waals surface area (Å²) >= 11 is 0. The van der Waals surface area contributed by atoms with E-state index in [1.807, 2.05) is 34.6 Å². The number of aliphatic hydroxyl groups is 1. The highest BCUT2D eigenvalue weighted by Gasteiger charge is 2.69. The van der Waals surface area contributed by atoms with E-state index in [-0.39, 0.29) is 17.3 Å². The fourth-order valence-electron chi connectivity index (χ4n) is 5.17. The second-order valence-electron chi connectivity index (χ2n) is 13.7. The summed E-state index contributed by atoms with van der Waals surface area (Å²) in [5.41, 5.74) is 3.49. The second-order valence-corrected chi connectivity index (χ2v) is 13.7. The van der Waals surface area contributed by atoms with Crippen molar-refractivity contribution in [1.82, 2.24) is 20.9 Å². The molecule has 3 fully saturated rings. The van der Waals surface area contributed by atoms with E-state index in [4.69, 9.17) is 5.73 Å². The Kier molecular flexibility index (Phi) is 9.29. The molecule has 2 aliphatic carbocycles. The van der Waals surface area contributed by atoms with Crippen LogP contribution in [0.3, 0.4) is 0 Å². The molecule has 5 amide bonds. The van der Waals surface area contributed by atoms with Crippen molar-refractivity contribution in [3.63, 3.8) is 0 Å². The fraction of sp³-hybridized carbons (Fsp3) is 0.815. The molecule has 0 bridgehead atoms. The lowest BCUT2D eigenvalue weighted by atomic mass is 9.85. The van der Waals surface area contributed by atoms with Gasteiger partial charge in [0.05, 0.1) is 0 Å². The van der Waals surface area contributed by atoms with Crippen molar-refractivity contribution in [3.8, 4) is 0 Å². The van der Waals surface area contributed by atoms with E-state index in [9.17, 15) is 29.1 Å². The molecule has 0 radical (unpaired) electrons. The van der Waals surface area contributed by atoms with Crippen molar-refractivity contribution in [3.05, 3.63) is 0 Å². The van der Waals surface area contributed by atoms with Gasteiger partial charge in [-0.15, -0.1) is 0 Å². The molecule has 0 spiro atoms. The number of nitrogens with one attached hydrogen (secondary N) is 3. The van der Waals surface area contributed by atoms with E-state index in [2.05, 4.69) is 22.9 Å². The fourth-order valence-corrected chi connectivity index (χ4v) is 5.17. The molecule has 0 aromatic heterocycles. The van der Waals surface area contributed by atoms with Gasteiger partial charge in [-0.3, -0.25) is 19.2 Å². The molecule has 0 aromatic rings. The largest absolute Gasteiger partial charge is 0.367 e. The average Bonchev–Trinajstić information content (AvgIpc) is 3.08. The van der Waals surface area contributed by atoms with Gasteiger partial charge in [-0.1, -0.05) is 60.8 Å². The molecule has 0 aromatic carbocycles. The molecule has 11 heteroatoms. The maximum absolute atomic E-state index is 13.6. The van der Waals surface area contributed by atoms with E-state index in [0.717, 1.165) is 5.92 Å². The number of hydrogen-bond donors (Lipinski definition) is 5. The molecule has 1 saturated heterocycles. The molecule has 38 heavy (non-hydrogen) atoms. The summed E-state index contributed by atoms with van der Waals surface area (Å²) in [5.74, 6) is -3.00. The topological polar surface area (TPSA) is 171 Å². The van der Waals surface area contributed by atoms with Crippen LogP contribution in [0.5, 0.6) is 0 Å². The van der Waals surface area contributed by atoms with Gasteiger partial charge in [0.2, 0.25) is 11.8 Å². The molecule has 1 aliphatic heterocycles. The number of ketones is 1. The number of hydrogen-bond acceptors (Lipinski definition) is 6. The zero-order valence-electron chi connectivity index (χ0n) is 24.3. The molecule has 11 nitrogen and oxygen atoms in total.